The lowest BCUT2D eigenvalue weighted by molar-refractivity contribution is 0.0467. The molecule has 0 aliphatic rings. The van der Waals surface area contributed by atoms with E-state index in [-0.39, 0.29) is 6.61 Å². The van der Waals surface area contributed by atoms with E-state index in [0.717, 1.165) is 5.56 Å². The van der Waals surface area contributed by atoms with E-state index in [0.29, 0.717) is 22.5 Å². The predicted molar refractivity (Wildman–Crippen MR) is 78.7 cm³/mol. The topological polar surface area (TPSA) is 48.4 Å². The zero-order chi connectivity index (χ0) is 14.4. The van der Waals surface area contributed by atoms with Crippen LogP contribution in [-0.4, -0.2) is 17.6 Å². The Morgan fingerprint density at radius 3 is 2.80 bits per heavy atom. The smallest absolute Gasteiger partial charge is 0.342 e. The molecular weight excluding hydrogens is 322 g/mol. The van der Waals surface area contributed by atoms with Crippen molar-refractivity contribution in [3.8, 4) is 5.75 Å². The van der Waals surface area contributed by atoms with Crippen LogP contribution in [0.4, 0.5) is 0 Å². The number of carbonyl (C=O) groups is 1. The molecule has 104 valence electrons. The molecule has 5 heteroatoms. The SMILES string of the molecule is CCOc1ccccc1C(=O)OCc1cccnc1Br. The Bertz CT molecular complexity index is 601. The van der Waals surface area contributed by atoms with Gasteiger partial charge in [0, 0.05) is 11.8 Å². The fourth-order valence-corrected chi connectivity index (χ4v) is 2.03. The molecule has 4 nitrogen and oxygen atoms in total. The lowest BCUT2D eigenvalue weighted by Crippen LogP contribution is -2.08. The summed E-state index contributed by atoms with van der Waals surface area (Å²) in [4.78, 5) is 16.2. The van der Waals surface area contributed by atoms with Gasteiger partial charge in [-0.1, -0.05) is 18.2 Å². The predicted octanol–water partition coefficient (Wildman–Crippen LogP) is 3.60. The quantitative estimate of drug-likeness (QED) is 0.618. The Morgan fingerprint density at radius 2 is 2.05 bits per heavy atom. The molecule has 2 rings (SSSR count). The molecule has 2 aromatic rings. The van der Waals surface area contributed by atoms with Crippen molar-refractivity contribution in [2.45, 2.75) is 13.5 Å². The summed E-state index contributed by atoms with van der Waals surface area (Å²) in [6, 6.07) is 10.7. The van der Waals surface area contributed by atoms with Crippen LogP contribution >= 0.6 is 15.9 Å². The summed E-state index contributed by atoms with van der Waals surface area (Å²) in [5.74, 6) is 0.120. The number of pyridine rings is 1. The molecule has 1 aromatic carbocycles. The van der Waals surface area contributed by atoms with Gasteiger partial charge in [0.05, 0.1) is 6.61 Å². The number of hydrogen-bond donors (Lipinski definition) is 0. The summed E-state index contributed by atoms with van der Waals surface area (Å²) < 4.78 is 11.4. The lowest BCUT2D eigenvalue weighted by atomic mass is 10.2. The van der Waals surface area contributed by atoms with Gasteiger partial charge in [0.2, 0.25) is 0 Å². The van der Waals surface area contributed by atoms with Crippen LogP contribution in [0.1, 0.15) is 22.8 Å². The maximum atomic E-state index is 12.1. The van der Waals surface area contributed by atoms with Gasteiger partial charge in [-0.05, 0) is 41.1 Å². The number of para-hydroxylation sites is 1. The minimum atomic E-state index is -0.412. The Balaban J connectivity index is 2.07. The van der Waals surface area contributed by atoms with Crippen molar-refractivity contribution >= 4 is 21.9 Å². The van der Waals surface area contributed by atoms with Crippen LogP contribution < -0.4 is 4.74 Å². The number of ether oxygens (including phenoxy) is 2. The van der Waals surface area contributed by atoms with E-state index < -0.39 is 5.97 Å². The average molecular weight is 336 g/mol. The van der Waals surface area contributed by atoms with E-state index in [1.807, 2.05) is 19.1 Å². The van der Waals surface area contributed by atoms with Crippen LogP contribution in [0.25, 0.3) is 0 Å². The molecule has 0 saturated carbocycles. The number of aromatic nitrogens is 1. The molecular formula is C15H14BrNO3. The summed E-state index contributed by atoms with van der Waals surface area (Å²) in [5.41, 5.74) is 1.24. The van der Waals surface area contributed by atoms with Crippen molar-refractivity contribution in [3.05, 3.63) is 58.3 Å². The van der Waals surface area contributed by atoms with E-state index in [1.54, 1.807) is 30.5 Å². The number of hydrogen-bond acceptors (Lipinski definition) is 4. The van der Waals surface area contributed by atoms with Gasteiger partial charge in [-0.15, -0.1) is 0 Å². The molecule has 0 aliphatic carbocycles. The molecule has 0 saturated heterocycles. The maximum Gasteiger partial charge on any atom is 0.342 e. The van der Waals surface area contributed by atoms with Gasteiger partial charge >= 0.3 is 5.97 Å². The van der Waals surface area contributed by atoms with Crippen molar-refractivity contribution < 1.29 is 14.3 Å². The molecule has 0 N–H and O–H groups in total. The standard InChI is InChI=1S/C15H14BrNO3/c1-2-19-13-8-4-3-7-12(13)15(18)20-10-11-6-5-9-17-14(11)16/h3-9H,2,10H2,1H3. The second kappa shape index (κ2) is 7.05. The van der Waals surface area contributed by atoms with Gasteiger partial charge in [0.1, 0.15) is 22.5 Å². The first kappa shape index (κ1) is 14.5. The fraction of sp³-hybridized carbons (Fsp3) is 0.200. The third kappa shape index (κ3) is 3.57. The van der Waals surface area contributed by atoms with Gasteiger partial charge in [-0.2, -0.15) is 0 Å². The Morgan fingerprint density at radius 1 is 1.25 bits per heavy atom. The van der Waals surface area contributed by atoms with Crippen molar-refractivity contribution in [3.63, 3.8) is 0 Å². The van der Waals surface area contributed by atoms with Gasteiger partial charge in [-0.3, -0.25) is 0 Å². The molecule has 1 heterocycles. The van der Waals surface area contributed by atoms with Gasteiger partial charge in [0.25, 0.3) is 0 Å². The maximum absolute atomic E-state index is 12.1. The van der Waals surface area contributed by atoms with Crippen LogP contribution in [0.15, 0.2) is 47.2 Å². The molecule has 0 bridgehead atoms. The number of nitrogens with zero attached hydrogens (tertiary/aromatic N) is 1. The van der Waals surface area contributed by atoms with E-state index in [1.165, 1.54) is 0 Å². The minimum absolute atomic E-state index is 0.160. The molecule has 0 fully saturated rings. The van der Waals surface area contributed by atoms with Crippen LogP contribution in [0, 0.1) is 0 Å². The van der Waals surface area contributed by atoms with Gasteiger partial charge < -0.3 is 9.47 Å². The molecule has 0 atom stereocenters. The average Bonchev–Trinajstić information content (AvgIpc) is 2.47. The number of benzene rings is 1. The zero-order valence-electron chi connectivity index (χ0n) is 11.0. The second-order valence-electron chi connectivity index (χ2n) is 3.96. The van der Waals surface area contributed by atoms with E-state index in [9.17, 15) is 4.79 Å². The summed E-state index contributed by atoms with van der Waals surface area (Å²) in [6.45, 7) is 2.53. The van der Waals surface area contributed by atoms with E-state index >= 15 is 0 Å². The first-order chi connectivity index (χ1) is 9.72. The first-order valence-corrected chi connectivity index (χ1v) is 7.00. The monoisotopic (exact) mass is 335 g/mol. The number of carbonyl (C=O) groups excluding carboxylic acids is 1. The number of esters is 1. The van der Waals surface area contributed by atoms with Crippen LogP contribution in [-0.2, 0) is 11.3 Å². The van der Waals surface area contributed by atoms with Crippen LogP contribution in [0.5, 0.6) is 5.75 Å². The van der Waals surface area contributed by atoms with Crippen LogP contribution in [0.3, 0.4) is 0 Å². The van der Waals surface area contributed by atoms with Crippen LogP contribution in [0.2, 0.25) is 0 Å². The summed E-state index contributed by atoms with van der Waals surface area (Å²) in [5, 5.41) is 0. The highest BCUT2D eigenvalue weighted by Crippen LogP contribution is 2.20. The molecule has 0 unspecified atom stereocenters. The largest absolute Gasteiger partial charge is 0.493 e. The van der Waals surface area contributed by atoms with Crippen molar-refractivity contribution in [1.82, 2.24) is 4.98 Å². The Kier molecular flexibility index (Phi) is 5.12. The van der Waals surface area contributed by atoms with Crippen molar-refractivity contribution in [2.24, 2.45) is 0 Å². The third-order valence-electron chi connectivity index (χ3n) is 2.60. The fourth-order valence-electron chi connectivity index (χ4n) is 1.66. The minimum Gasteiger partial charge on any atom is -0.493 e. The second-order valence-corrected chi connectivity index (χ2v) is 4.71. The normalized spacial score (nSPS) is 10.1. The van der Waals surface area contributed by atoms with E-state index in [4.69, 9.17) is 9.47 Å². The third-order valence-corrected chi connectivity index (χ3v) is 3.32. The molecule has 1 aromatic heterocycles. The molecule has 0 radical (unpaired) electrons. The molecule has 20 heavy (non-hydrogen) atoms. The van der Waals surface area contributed by atoms with Gasteiger partial charge in [-0.25, -0.2) is 9.78 Å². The molecule has 0 amide bonds. The number of halogens is 1. The van der Waals surface area contributed by atoms with Crippen molar-refractivity contribution in [1.29, 1.82) is 0 Å². The summed E-state index contributed by atoms with van der Waals surface area (Å²) >= 11 is 3.31. The zero-order valence-corrected chi connectivity index (χ0v) is 12.6. The highest BCUT2D eigenvalue weighted by Gasteiger charge is 2.14. The summed E-state index contributed by atoms with van der Waals surface area (Å²) in [7, 11) is 0. The molecule has 0 aliphatic heterocycles. The van der Waals surface area contributed by atoms with Gasteiger partial charge in [0.15, 0.2) is 0 Å². The summed E-state index contributed by atoms with van der Waals surface area (Å²) in [6.07, 6.45) is 1.67. The highest BCUT2D eigenvalue weighted by atomic mass is 79.9. The lowest BCUT2D eigenvalue weighted by Gasteiger charge is -2.10. The van der Waals surface area contributed by atoms with Crippen molar-refractivity contribution in [2.75, 3.05) is 6.61 Å². The number of rotatable bonds is 5. The highest BCUT2D eigenvalue weighted by molar-refractivity contribution is 9.10. The first-order valence-electron chi connectivity index (χ1n) is 6.20. The van der Waals surface area contributed by atoms with E-state index in [2.05, 4.69) is 20.9 Å². The Hall–Kier alpha value is -1.88. The Labute approximate surface area is 125 Å². The molecule has 0 spiro atoms.